The SMILES string of the molecule is COC(=O)c1sccc1S(=O)(=O)N1C[C@H](C)O[C@@H](C)C1. The van der Waals surface area contributed by atoms with Crippen LogP contribution in [0.15, 0.2) is 16.3 Å². The summed E-state index contributed by atoms with van der Waals surface area (Å²) in [5.41, 5.74) is 0. The number of esters is 1. The van der Waals surface area contributed by atoms with E-state index >= 15 is 0 Å². The minimum absolute atomic E-state index is 0.00986. The number of carbonyl (C=O) groups excluding carboxylic acids is 1. The predicted molar refractivity (Wildman–Crippen MR) is 74.4 cm³/mol. The van der Waals surface area contributed by atoms with Gasteiger partial charge >= 0.3 is 5.97 Å². The summed E-state index contributed by atoms with van der Waals surface area (Å²) in [7, 11) is -2.47. The highest BCUT2D eigenvalue weighted by molar-refractivity contribution is 7.89. The first-order valence-corrected chi connectivity index (χ1v) is 8.49. The van der Waals surface area contributed by atoms with Gasteiger partial charge in [-0.2, -0.15) is 4.31 Å². The molecule has 0 aliphatic carbocycles. The maximum atomic E-state index is 12.6. The molecule has 1 aliphatic rings. The van der Waals surface area contributed by atoms with E-state index in [1.54, 1.807) is 5.38 Å². The summed E-state index contributed by atoms with van der Waals surface area (Å²) in [4.78, 5) is 11.8. The second-order valence-corrected chi connectivity index (χ2v) is 7.51. The number of nitrogens with zero attached hydrogens (tertiary/aromatic N) is 1. The fourth-order valence-corrected chi connectivity index (χ4v) is 5.11. The molecule has 0 N–H and O–H groups in total. The Labute approximate surface area is 122 Å². The van der Waals surface area contributed by atoms with Crippen molar-refractivity contribution < 1.29 is 22.7 Å². The van der Waals surface area contributed by atoms with Crippen molar-refractivity contribution >= 4 is 27.3 Å². The summed E-state index contributed by atoms with van der Waals surface area (Å²) >= 11 is 1.06. The highest BCUT2D eigenvalue weighted by Gasteiger charge is 2.35. The summed E-state index contributed by atoms with van der Waals surface area (Å²) in [5.74, 6) is -0.632. The van der Waals surface area contributed by atoms with Gasteiger partial charge in [-0.05, 0) is 25.3 Å². The topological polar surface area (TPSA) is 72.9 Å². The molecule has 8 heteroatoms. The zero-order valence-corrected chi connectivity index (χ0v) is 13.2. The van der Waals surface area contributed by atoms with E-state index in [1.165, 1.54) is 17.5 Å². The first kappa shape index (κ1) is 15.4. The van der Waals surface area contributed by atoms with Crippen LogP contribution in [0, 0.1) is 0 Å². The standard InChI is InChI=1S/C12H17NO5S2/c1-8-6-13(7-9(2)18-8)20(15,16)10-4-5-19-11(10)12(14)17-3/h4-5,8-9H,6-7H2,1-3H3/t8-,9-/m0/s1. The Hall–Kier alpha value is -0.960. The molecule has 20 heavy (non-hydrogen) atoms. The number of hydrogen-bond acceptors (Lipinski definition) is 6. The number of rotatable bonds is 3. The first-order chi connectivity index (χ1) is 9.36. The lowest BCUT2D eigenvalue weighted by Gasteiger charge is -2.34. The molecule has 0 spiro atoms. The number of carbonyl (C=O) groups is 1. The van der Waals surface area contributed by atoms with E-state index in [9.17, 15) is 13.2 Å². The van der Waals surface area contributed by atoms with Crippen molar-refractivity contribution in [2.75, 3.05) is 20.2 Å². The number of sulfonamides is 1. The molecular weight excluding hydrogens is 302 g/mol. The Bertz CT molecular complexity index is 585. The van der Waals surface area contributed by atoms with Crippen LogP contribution in [0.5, 0.6) is 0 Å². The van der Waals surface area contributed by atoms with Crippen LogP contribution in [0.1, 0.15) is 23.5 Å². The molecule has 1 fully saturated rings. The number of thiophene rings is 1. The molecule has 1 saturated heterocycles. The first-order valence-electron chi connectivity index (χ1n) is 6.17. The van der Waals surface area contributed by atoms with E-state index in [0.717, 1.165) is 11.3 Å². The predicted octanol–water partition coefficient (Wildman–Crippen LogP) is 1.33. The number of ether oxygens (including phenoxy) is 2. The largest absolute Gasteiger partial charge is 0.465 e. The fourth-order valence-electron chi connectivity index (χ4n) is 2.21. The second kappa shape index (κ2) is 5.80. The van der Waals surface area contributed by atoms with Gasteiger partial charge in [-0.3, -0.25) is 0 Å². The van der Waals surface area contributed by atoms with Gasteiger partial charge in [0.1, 0.15) is 9.77 Å². The van der Waals surface area contributed by atoms with E-state index < -0.39 is 16.0 Å². The Balaban J connectivity index is 2.36. The normalized spacial score (nSPS) is 24.6. The molecule has 1 aromatic heterocycles. The van der Waals surface area contributed by atoms with Crippen LogP contribution < -0.4 is 0 Å². The van der Waals surface area contributed by atoms with Crippen LogP contribution in [-0.2, 0) is 19.5 Å². The van der Waals surface area contributed by atoms with Crippen LogP contribution in [0.2, 0.25) is 0 Å². The van der Waals surface area contributed by atoms with E-state index in [1.807, 2.05) is 13.8 Å². The van der Waals surface area contributed by atoms with Crippen LogP contribution in [0.4, 0.5) is 0 Å². The Morgan fingerprint density at radius 1 is 1.40 bits per heavy atom. The zero-order chi connectivity index (χ0) is 14.9. The van der Waals surface area contributed by atoms with Crippen LogP contribution in [-0.4, -0.2) is 51.1 Å². The van der Waals surface area contributed by atoms with Crippen LogP contribution in [0.3, 0.4) is 0 Å². The number of methoxy groups -OCH3 is 1. The second-order valence-electron chi connectivity index (χ2n) is 4.68. The molecule has 2 atom stereocenters. The lowest BCUT2D eigenvalue weighted by Crippen LogP contribution is -2.48. The minimum atomic E-state index is -3.71. The third kappa shape index (κ3) is 2.88. The van der Waals surface area contributed by atoms with Gasteiger partial charge in [0.15, 0.2) is 0 Å². The van der Waals surface area contributed by atoms with Gasteiger partial charge in [0, 0.05) is 13.1 Å². The zero-order valence-electron chi connectivity index (χ0n) is 11.5. The third-order valence-electron chi connectivity index (χ3n) is 3.00. The van der Waals surface area contributed by atoms with Gasteiger partial charge in [0.2, 0.25) is 10.0 Å². The van der Waals surface area contributed by atoms with Crippen molar-refractivity contribution in [2.24, 2.45) is 0 Å². The summed E-state index contributed by atoms with van der Waals surface area (Å²) in [6.07, 6.45) is -0.345. The average molecular weight is 319 g/mol. The van der Waals surface area contributed by atoms with Crippen molar-refractivity contribution in [1.82, 2.24) is 4.31 Å². The molecule has 0 amide bonds. The Morgan fingerprint density at radius 2 is 2.00 bits per heavy atom. The lowest BCUT2D eigenvalue weighted by molar-refractivity contribution is -0.0440. The summed E-state index contributed by atoms with van der Waals surface area (Å²) in [5, 5.41) is 1.58. The monoisotopic (exact) mass is 319 g/mol. The molecule has 2 rings (SSSR count). The average Bonchev–Trinajstić information content (AvgIpc) is 2.86. The third-order valence-corrected chi connectivity index (χ3v) is 5.90. The van der Waals surface area contributed by atoms with E-state index in [0.29, 0.717) is 0 Å². The summed E-state index contributed by atoms with van der Waals surface area (Å²) in [6.45, 7) is 4.21. The molecule has 0 unspecified atom stereocenters. The van der Waals surface area contributed by atoms with Crippen molar-refractivity contribution in [1.29, 1.82) is 0 Å². The van der Waals surface area contributed by atoms with Crippen molar-refractivity contribution in [3.05, 3.63) is 16.3 Å². The molecule has 2 heterocycles. The molecule has 1 aromatic rings. The van der Waals surface area contributed by atoms with E-state index in [-0.39, 0.29) is 35.1 Å². The lowest BCUT2D eigenvalue weighted by atomic mass is 10.3. The van der Waals surface area contributed by atoms with Crippen molar-refractivity contribution in [2.45, 2.75) is 31.0 Å². The molecule has 0 radical (unpaired) electrons. The maximum absolute atomic E-state index is 12.6. The van der Waals surface area contributed by atoms with Gasteiger partial charge in [-0.1, -0.05) is 0 Å². The van der Waals surface area contributed by atoms with Crippen molar-refractivity contribution in [3.63, 3.8) is 0 Å². The number of hydrogen-bond donors (Lipinski definition) is 0. The van der Waals surface area contributed by atoms with Crippen molar-refractivity contribution in [3.8, 4) is 0 Å². The molecule has 0 saturated carbocycles. The Morgan fingerprint density at radius 3 is 2.55 bits per heavy atom. The maximum Gasteiger partial charge on any atom is 0.349 e. The van der Waals surface area contributed by atoms with E-state index in [2.05, 4.69) is 4.74 Å². The minimum Gasteiger partial charge on any atom is -0.465 e. The number of morpholine rings is 1. The van der Waals surface area contributed by atoms with Crippen LogP contribution >= 0.6 is 11.3 Å². The van der Waals surface area contributed by atoms with E-state index in [4.69, 9.17) is 4.74 Å². The molecule has 0 bridgehead atoms. The van der Waals surface area contributed by atoms with Gasteiger partial charge in [-0.25, -0.2) is 13.2 Å². The quantitative estimate of drug-likeness (QED) is 0.786. The summed E-state index contributed by atoms with van der Waals surface area (Å²) in [6, 6.07) is 1.44. The molecular formula is C12H17NO5S2. The highest BCUT2D eigenvalue weighted by Crippen LogP contribution is 2.27. The molecule has 1 aliphatic heterocycles. The highest BCUT2D eigenvalue weighted by atomic mass is 32.2. The van der Waals surface area contributed by atoms with Gasteiger partial charge in [0.25, 0.3) is 0 Å². The molecule has 6 nitrogen and oxygen atoms in total. The Kier molecular flexibility index (Phi) is 4.48. The molecule has 112 valence electrons. The van der Waals surface area contributed by atoms with Gasteiger partial charge in [-0.15, -0.1) is 11.3 Å². The summed E-state index contributed by atoms with van der Waals surface area (Å²) < 4.78 is 36.8. The van der Waals surface area contributed by atoms with Gasteiger partial charge < -0.3 is 9.47 Å². The fraction of sp³-hybridized carbons (Fsp3) is 0.583. The van der Waals surface area contributed by atoms with Crippen LogP contribution in [0.25, 0.3) is 0 Å². The van der Waals surface area contributed by atoms with Gasteiger partial charge in [0.05, 0.1) is 19.3 Å². The smallest absolute Gasteiger partial charge is 0.349 e. The molecule has 0 aromatic carbocycles.